The summed E-state index contributed by atoms with van der Waals surface area (Å²) in [5, 5.41) is 9.69. The molecule has 0 saturated carbocycles. The van der Waals surface area contributed by atoms with Crippen molar-refractivity contribution in [3.63, 3.8) is 0 Å². The van der Waals surface area contributed by atoms with Crippen LogP contribution < -0.4 is 4.31 Å². The average Bonchev–Trinajstić information content (AvgIpc) is 2.56. The first-order chi connectivity index (χ1) is 12.7. The van der Waals surface area contributed by atoms with Crippen molar-refractivity contribution in [2.24, 2.45) is 0 Å². The first kappa shape index (κ1) is 22.8. The monoisotopic (exact) mass is 455 g/mol. The van der Waals surface area contributed by atoms with Crippen LogP contribution in [0.5, 0.6) is 0 Å². The zero-order valence-corrected chi connectivity index (χ0v) is 17.5. The molecule has 0 spiro atoms. The lowest BCUT2D eigenvalue weighted by Crippen LogP contribution is -2.39. The molecular formula is C18H18Cl2F3NO3S. The molecule has 0 amide bonds. The Hall–Kier alpha value is -1.48. The van der Waals surface area contributed by atoms with Crippen molar-refractivity contribution in [1.29, 1.82) is 0 Å². The van der Waals surface area contributed by atoms with Crippen molar-refractivity contribution in [3.05, 3.63) is 58.1 Å². The molecule has 0 fully saturated rings. The molecule has 2 aromatic rings. The minimum atomic E-state index is -4.88. The van der Waals surface area contributed by atoms with Crippen LogP contribution in [0.2, 0.25) is 10.0 Å². The third-order valence-corrected chi connectivity index (χ3v) is 7.14. The van der Waals surface area contributed by atoms with E-state index in [9.17, 15) is 26.7 Å². The van der Waals surface area contributed by atoms with Gasteiger partial charge in [0.1, 0.15) is 4.90 Å². The molecule has 154 valence electrons. The highest BCUT2D eigenvalue weighted by Crippen LogP contribution is 2.40. The number of rotatable bonds is 5. The number of alkyl halides is 3. The van der Waals surface area contributed by atoms with E-state index < -0.39 is 33.4 Å². The van der Waals surface area contributed by atoms with Crippen LogP contribution in [0.25, 0.3) is 0 Å². The number of anilines is 1. The van der Waals surface area contributed by atoms with Gasteiger partial charge in [-0.05, 0) is 50.6 Å². The number of aliphatic hydroxyl groups is 1. The van der Waals surface area contributed by atoms with E-state index >= 15 is 0 Å². The Morgan fingerprint density at radius 3 is 2.04 bits per heavy atom. The second-order valence-electron chi connectivity index (χ2n) is 6.56. The largest absolute Gasteiger partial charge is 0.421 e. The Bertz CT molecular complexity index is 959. The Morgan fingerprint density at radius 1 is 1.04 bits per heavy atom. The molecule has 10 heteroatoms. The zero-order valence-electron chi connectivity index (χ0n) is 15.1. The molecular weight excluding hydrogens is 438 g/mol. The van der Waals surface area contributed by atoms with Crippen molar-refractivity contribution in [2.45, 2.75) is 43.5 Å². The van der Waals surface area contributed by atoms with E-state index in [0.29, 0.717) is 6.92 Å². The molecule has 0 heterocycles. The topological polar surface area (TPSA) is 57.6 Å². The van der Waals surface area contributed by atoms with E-state index in [1.54, 1.807) is 13.8 Å². The quantitative estimate of drug-likeness (QED) is 0.659. The van der Waals surface area contributed by atoms with E-state index in [0.717, 1.165) is 16.4 Å². The first-order valence-corrected chi connectivity index (χ1v) is 10.3. The number of sulfonamides is 1. The smallest absolute Gasteiger partial charge is 0.376 e. The molecule has 0 aliphatic carbocycles. The number of benzene rings is 2. The Labute approximate surface area is 171 Å². The zero-order chi connectivity index (χ0) is 21.5. The number of halogens is 5. The van der Waals surface area contributed by atoms with Crippen LogP contribution in [0.1, 0.15) is 26.3 Å². The molecule has 1 atom stereocenters. The van der Waals surface area contributed by atoms with Crippen molar-refractivity contribution >= 4 is 38.9 Å². The Balaban J connectivity index is 2.55. The van der Waals surface area contributed by atoms with Gasteiger partial charge in [0.25, 0.3) is 10.0 Å². The highest BCUT2D eigenvalue weighted by molar-refractivity contribution is 7.93. The normalized spacial score (nSPS) is 14.8. The summed E-state index contributed by atoms with van der Waals surface area (Å²) in [5.74, 6) is 0. The molecule has 0 radical (unpaired) electrons. The van der Waals surface area contributed by atoms with Gasteiger partial charge >= 0.3 is 6.18 Å². The fraction of sp³-hybridized carbons (Fsp3) is 0.333. The average molecular weight is 456 g/mol. The molecule has 0 aliphatic heterocycles. The van der Waals surface area contributed by atoms with Gasteiger partial charge in [0.05, 0.1) is 15.7 Å². The van der Waals surface area contributed by atoms with Crippen molar-refractivity contribution in [1.82, 2.24) is 0 Å². The van der Waals surface area contributed by atoms with Crippen molar-refractivity contribution in [2.75, 3.05) is 4.31 Å². The Morgan fingerprint density at radius 2 is 1.57 bits per heavy atom. The maximum absolute atomic E-state index is 13.1. The van der Waals surface area contributed by atoms with Crippen LogP contribution in [0.4, 0.5) is 18.9 Å². The van der Waals surface area contributed by atoms with E-state index in [2.05, 4.69) is 0 Å². The molecule has 0 aromatic heterocycles. The summed E-state index contributed by atoms with van der Waals surface area (Å²) < 4.78 is 66.4. The van der Waals surface area contributed by atoms with Crippen LogP contribution in [-0.4, -0.2) is 25.7 Å². The van der Waals surface area contributed by atoms with Gasteiger partial charge in [0.15, 0.2) is 5.60 Å². The van der Waals surface area contributed by atoms with Crippen LogP contribution >= 0.6 is 23.2 Å². The van der Waals surface area contributed by atoms with E-state index in [1.807, 2.05) is 0 Å². The number of hydrogen-bond acceptors (Lipinski definition) is 3. The maximum atomic E-state index is 13.1. The minimum Gasteiger partial charge on any atom is -0.376 e. The van der Waals surface area contributed by atoms with Gasteiger partial charge in [-0.25, -0.2) is 8.42 Å². The summed E-state index contributed by atoms with van der Waals surface area (Å²) in [6.45, 7) is 3.84. The molecule has 0 bridgehead atoms. The standard InChI is InChI=1S/C18H18Cl2F3NO3S/c1-11(2)24(28(26,27)15-6-4-5-14(19)16(15)20)13-9-7-12(8-10-13)17(3,25)18(21,22)23/h4-11,25H,1-3H3/t17-/m1/s1. The van der Waals surface area contributed by atoms with Crippen LogP contribution in [0.3, 0.4) is 0 Å². The molecule has 0 unspecified atom stereocenters. The lowest BCUT2D eigenvalue weighted by molar-refractivity contribution is -0.258. The van der Waals surface area contributed by atoms with Crippen LogP contribution in [0, 0.1) is 0 Å². The van der Waals surface area contributed by atoms with Gasteiger partial charge in [0.2, 0.25) is 0 Å². The second kappa shape index (κ2) is 7.74. The van der Waals surface area contributed by atoms with Crippen LogP contribution in [0.15, 0.2) is 47.4 Å². The van der Waals surface area contributed by atoms with Gasteiger partial charge in [-0.2, -0.15) is 13.2 Å². The summed E-state index contributed by atoms with van der Waals surface area (Å²) in [6, 6.07) is 8.06. The predicted molar refractivity (Wildman–Crippen MR) is 103 cm³/mol. The molecule has 4 nitrogen and oxygen atoms in total. The van der Waals surface area contributed by atoms with E-state index in [1.165, 1.54) is 30.3 Å². The first-order valence-electron chi connectivity index (χ1n) is 8.09. The van der Waals surface area contributed by atoms with Crippen molar-refractivity contribution < 1.29 is 26.7 Å². The number of hydrogen-bond donors (Lipinski definition) is 1. The van der Waals surface area contributed by atoms with Gasteiger partial charge in [-0.1, -0.05) is 41.4 Å². The minimum absolute atomic E-state index is 0.0584. The summed E-state index contributed by atoms with van der Waals surface area (Å²) >= 11 is 12.0. The van der Waals surface area contributed by atoms with Crippen molar-refractivity contribution in [3.8, 4) is 0 Å². The van der Waals surface area contributed by atoms with E-state index in [4.69, 9.17) is 23.2 Å². The lowest BCUT2D eigenvalue weighted by Gasteiger charge is -2.30. The molecule has 2 aromatic carbocycles. The van der Waals surface area contributed by atoms with E-state index in [-0.39, 0.29) is 20.6 Å². The summed E-state index contributed by atoms with van der Waals surface area (Å²) in [4.78, 5) is -0.221. The highest BCUT2D eigenvalue weighted by atomic mass is 35.5. The Kier molecular flexibility index (Phi) is 6.31. The van der Waals surface area contributed by atoms with Gasteiger partial charge in [0, 0.05) is 6.04 Å². The maximum Gasteiger partial charge on any atom is 0.421 e. The lowest BCUT2D eigenvalue weighted by atomic mass is 9.95. The molecule has 28 heavy (non-hydrogen) atoms. The summed E-state index contributed by atoms with van der Waals surface area (Å²) in [6.07, 6.45) is -4.88. The van der Waals surface area contributed by atoms with Crippen LogP contribution in [-0.2, 0) is 15.6 Å². The fourth-order valence-corrected chi connectivity index (χ4v) is 5.00. The van der Waals surface area contributed by atoms with Gasteiger partial charge < -0.3 is 5.11 Å². The highest BCUT2D eigenvalue weighted by Gasteiger charge is 2.51. The SMILES string of the molecule is CC(C)N(c1ccc([C@@](C)(O)C(F)(F)F)cc1)S(=O)(=O)c1cccc(Cl)c1Cl. The summed E-state index contributed by atoms with van der Waals surface area (Å²) in [5.41, 5.74) is -3.36. The third kappa shape index (κ3) is 4.10. The van der Waals surface area contributed by atoms with Gasteiger partial charge in [-0.15, -0.1) is 0 Å². The second-order valence-corrected chi connectivity index (χ2v) is 9.13. The molecule has 2 rings (SSSR count). The van der Waals surface area contributed by atoms with Gasteiger partial charge in [-0.3, -0.25) is 4.31 Å². The predicted octanol–water partition coefficient (Wildman–Crippen LogP) is 5.37. The molecule has 1 N–H and O–H groups in total. The molecule has 0 saturated heterocycles. The number of nitrogens with zero attached hydrogens (tertiary/aromatic N) is 1. The fourth-order valence-electron chi connectivity index (χ4n) is 2.60. The molecule has 0 aliphatic rings. The third-order valence-electron chi connectivity index (χ3n) is 4.16. The summed E-state index contributed by atoms with van der Waals surface area (Å²) in [7, 11) is -4.15.